The molecule has 0 saturated heterocycles. The predicted molar refractivity (Wildman–Crippen MR) is 93.1 cm³/mol. The summed E-state index contributed by atoms with van der Waals surface area (Å²) < 4.78 is 10.8. The van der Waals surface area contributed by atoms with E-state index < -0.39 is 12.0 Å². The van der Waals surface area contributed by atoms with Gasteiger partial charge < -0.3 is 19.9 Å². The van der Waals surface area contributed by atoms with Gasteiger partial charge in [0.05, 0.1) is 19.7 Å². The Hall–Kier alpha value is -1.99. The van der Waals surface area contributed by atoms with Gasteiger partial charge in [0.25, 0.3) is 0 Å². The topological polar surface area (TPSA) is 88.1 Å². The van der Waals surface area contributed by atoms with Gasteiger partial charge >= 0.3 is 5.97 Å². The second-order valence-corrected chi connectivity index (χ2v) is 5.03. The number of nitrogens with zero attached hydrogens (tertiary/aromatic N) is 1. The molecule has 0 aliphatic carbocycles. The van der Waals surface area contributed by atoms with Crippen molar-refractivity contribution in [1.29, 1.82) is 0 Å². The Labute approximate surface area is 148 Å². The number of likely N-dealkylation sites (N-methyl/N-ethyl adjacent to an activating group) is 1. The Morgan fingerprint density at radius 3 is 2.25 bits per heavy atom. The second-order valence-electron chi connectivity index (χ2n) is 5.03. The molecule has 0 fully saturated rings. The Kier molecular flexibility index (Phi) is 10.6. The lowest BCUT2D eigenvalue weighted by Crippen LogP contribution is -2.43. The highest BCUT2D eigenvalue weighted by Gasteiger charge is 2.18. The molecule has 1 aromatic carbocycles. The number of nitrogens with one attached hydrogen (secondary N) is 1. The van der Waals surface area contributed by atoms with Crippen LogP contribution >= 0.6 is 12.4 Å². The number of carboxylic acids is 1. The number of carboxylic acid groups (broad SMARTS) is 1. The van der Waals surface area contributed by atoms with Gasteiger partial charge in [0.2, 0.25) is 5.91 Å². The fraction of sp³-hybridized carbons (Fsp3) is 0.500. The van der Waals surface area contributed by atoms with E-state index in [1.807, 2.05) is 19.1 Å². The van der Waals surface area contributed by atoms with Gasteiger partial charge in [-0.1, -0.05) is 0 Å². The number of rotatable bonds is 10. The third kappa shape index (κ3) is 8.03. The number of aliphatic carboxylic acids is 1. The fourth-order valence-electron chi connectivity index (χ4n) is 1.77. The Balaban J connectivity index is 0.00000529. The highest BCUT2D eigenvalue weighted by atomic mass is 35.5. The van der Waals surface area contributed by atoms with E-state index in [0.29, 0.717) is 25.5 Å². The van der Waals surface area contributed by atoms with E-state index in [2.05, 4.69) is 5.32 Å². The number of halogens is 1. The minimum absolute atomic E-state index is 0. The van der Waals surface area contributed by atoms with E-state index in [4.69, 9.17) is 14.6 Å². The van der Waals surface area contributed by atoms with Crippen LogP contribution in [0.1, 0.15) is 13.8 Å². The Morgan fingerprint density at radius 1 is 1.21 bits per heavy atom. The Bertz CT molecular complexity index is 510. The van der Waals surface area contributed by atoms with Crippen LogP contribution in [-0.4, -0.2) is 61.3 Å². The van der Waals surface area contributed by atoms with Gasteiger partial charge in [-0.3, -0.25) is 14.5 Å². The molecule has 0 spiro atoms. The van der Waals surface area contributed by atoms with Crippen LogP contribution in [0.3, 0.4) is 0 Å². The van der Waals surface area contributed by atoms with E-state index in [-0.39, 0.29) is 24.9 Å². The van der Waals surface area contributed by atoms with Crippen LogP contribution in [0.2, 0.25) is 0 Å². The van der Waals surface area contributed by atoms with Crippen LogP contribution in [0.5, 0.6) is 11.5 Å². The normalized spacial score (nSPS) is 11.3. The van der Waals surface area contributed by atoms with Gasteiger partial charge in [0, 0.05) is 0 Å². The lowest BCUT2D eigenvalue weighted by atomic mass is 10.3. The maximum atomic E-state index is 11.7. The van der Waals surface area contributed by atoms with Crippen molar-refractivity contribution in [3.63, 3.8) is 0 Å². The first-order valence-electron chi connectivity index (χ1n) is 7.49. The smallest absolute Gasteiger partial charge is 0.320 e. The molecule has 0 aromatic heterocycles. The zero-order valence-corrected chi connectivity index (χ0v) is 15.0. The maximum Gasteiger partial charge on any atom is 0.320 e. The number of ether oxygens (including phenoxy) is 2. The van der Waals surface area contributed by atoms with Crippen molar-refractivity contribution in [3.8, 4) is 11.5 Å². The van der Waals surface area contributed by atoms with Gasteiger partial charge in [0.1, 0.15) is 24.1 Å². The average molecular weight is 361 g/mol. The minimum Gasteiger partial charge on any atom is -0.494 e. The molecule has 136 valence electrons. The predicted octanol–water partition coefficient (Wildman–Crippen LogP) is 1.41. The third-order valence-electron chi connectivity index (χ3n) is 3.24. The summed E-state index contributed by atoms with van der Waals surface area (Å²) in [6.45, 7) is 4.77. The SMILES string of the molecule is CCOc1ccc(OCCNC(=O)CN(C)C(C)C(=O)O)cc1.Cl. The monoisotopic (exact) mass is 360 g/mol. The fourth-order valence-corrected chi connectivity index (χ4v) is 1.77. The van der Waals surface area contributed by atoms with Gasteiger partial charge in [-0.05, 0) is 45.2 Å². The van der Waals surface area contributed by atoms with Crippen molar-refractivity contribution in [1.82, 2.24) is 10.2 Å². The molecular formula is C16H25ClN2O5. The summed E-state index contributed by atoms with van der Waals surface area (Å²) in [5.74, 6) is 0.276. The molecule has 0 heterocycles. The van der Waals surface area contributed by atoms with Crippen LogP contribution in [0.4, 0.5) is 0 Å². The number of carbonyl (C=O) groups excluding carboxylic acids is 1. The van der Waals surface area contributed by atoms with Crippen molar-refractivity contribution < 1.29 is 24.2 Å². The molecule has 7 nitrogen and oxygen atoms in total. The van der Waals surface area contributed by atoms with Crippen molar-refractivity contribution in [2.75, 3.05) is 33.4 Å². The molecule has 0 bridgehead atoms. The molecule has 8 heteroatoms. The molecule has 0 saturated carbocycles. The summed E-state index contributed by atoms with van der Waals surface area (Å²) in [5, 5.41) is 11.5. The van der Waals surface area contributed by atoms with Crippen LogP contribution < -0.4 is 14.8 Å². The second kappa shape index (κ2) is 11.5. The number of hydrogen-bond acceptors (Lipinski definition) is 5. The van der Waals surface area contributed by atoms with E-state index in [1.54, 1.807) is 19.2 Å². The summed E-state index contributed by atoms with van der Waals surface area (Å²) in [6.07, 6.45) is 0. The summed E-state index contributed by atoms with van der Waals surface area (Å²) in [6, 6.07) is 6.53. The molecule has 0 radical (unpaired) electrons. The number of amides is 1. The number of benzene rings is 1. The van der Waals surface area contributed by atoms with Crippen molar-refractivity contribution in [2.45, 2.75) is 19.9 Å². The largest absolute Gasteiger partial charge is 0.494 e. The first kappa shape index (κ1) is 22.0. The summed E-state index contributed by atoms with van der Waals surface area (Å²) >= 11 is 0. The number of hydrogen-bond donors (Lipinski definition) is 2. The third-order valence-corrected chi connectivity index (χ3v) is 3.24. The molecule has 1 unspecified atom stereocenters. The van der Waals surface area contributed by atoms with E-state index >= 15 is 0 Å². The summed E-state index contributed by atoms with van der Waals surface area (Å²) in [4.78, 5) is 24.0. The highest BCUT2D eigenvalue weighted by Crippen LogP contribution is 2.17. The van der Waals surface area contributed by atoms with Gasteiger partial charge in [-0.15, -0.1) is 12.4 Å². The first-order valence-corrected chi connectivity index (χ1v) is 7.49. The van der Waals surface area contributed by atoms with Gasteiger partial charge in [-0.2, -0.15) is 0 Å². The molecule has 1 rings (SSSR count). The lowest BCUT2D eigenvalue weighted by Gasteiger charge is -2.20. The molecule has 1 atom stereocenters. The molecule has 0 aliphatic rings. The molecular weight excluding hydrogens is 336 g/mol. The van der Waals surface area contributed by atoms with Crippen LogP contribution in [0.25, 0.3) is 0 Å². The summed E-state index contributed by atoms with van der Waals surface area (Å²) in [7, 11) is 1.59. The maximum absolute atomic E-state index is 11.7. The van der Waals surface area contributed by atoms with Crippen LogP contribution in [0.15, 0.2) is 24.3 Å². The Morgan fingerprint density at radius 2 is 1.75 bits per heavy atom. The molecule has 0 aliphatic heterocycles. The standard InChI is InChI=1S/C16H24N2O5.ClH/c1-4-22-13-5-7-14(8-6-13)23-10-9-17-15(19)11-18(3)12(2)16(20)21;/h5-8,12H,4,9-11H2,1-3H3,(H,17,19)(H,20,21);1H. The van der Waals surface area contributed by atoms with E-state index in [0.717, 1.165) is 5.75 Å². The molecule has 24 heavy (non-hydrogen) atoms. The lowest BCUT2D eigenvalue weighted by molar-refractivity contribution is -0.142. The van der Waals surface area contributed by atoms with E-state index in [1.165, 1.54) is 11.8 Å². The van der Waals surface area contributed by atoms with Crippen molar-refractivity contribution in [3.05, 3.63) is 24.3 Å². The zero-order valence-electron chi connectivity index (χ0n) is 14.2. The van der Waals surface area contributed by atoms with Crippen LogP contribution in [0, 0.1) is 0 Å². The highest BCUT2D eigenvalue weighted by molar-refractivity contribution is 5.85. The van der Waals surface area contributed by atoms with E-state index in [9.17, 15) is 9.59 Å². The van der Waals surface area contributed by atoms with Gasteiger partial charge in [0.15, 0.2) is 0 Å². The molecule has 1 aromatic rings. The van der Waals surface area contributed by atoms with Crippen LogP contribution in [-0.2, 0) is 9.59 Å². The van der Waals surface area contributed by atoms with Crippen molar-refractivity contribution in [2.24, 2.45) is 0 Å². The minimum atomic E-state index is -0.959. The number of carbonyl (C=O) groups is 2. The van der Waals surface area contributed by atoms with Gasteiger partial charge in [-0.25, -0.2) is 0 Å². The average Bonchev–Trinajstić information content (AvgIpc) is 2.52. The quantitative estimate of drug-likeness (QED) is 0.613. The van der Waals surface area contributed by atoms with Crippen molar-refractivity contribution >= 4 is 24.3 Å². The summed E-state index contributed by atoms with van der Waals surface area (Å²) in [5.41, 5.74) is 0. The molecule has 2 N–H and O–H groups in total. The first-order chi connectivity index (χ1) is 10.9. The molecule has 1 amide bonds. The zero-order chi connectivity index (χ0) is 17.2.